The van der Waals surface area contributed by atoms with Gasteiger partial charge in [-0.05, 0) is 28.8 Å². The Morgan fingerprint density at radius 1 is 0.667 bits per heavy atom. The van der Waals surface area contributed by atoms with Crippen molar-refractivity contribution in [3.63, 3.8) is 0 Å². The normalized spacial score (nSPS) is 21.7. The molecule has 0 radical (unpaired) electrons. The number of aromatic nitrogens is 1. The second-order valence-electron chi connectivity index (χ2n) is 12.6. The highest BCUT2D eigenvalue weighted by Crippen LogP contribution is 2.38. The van der Waals surface area contributed by atoms with Crippen molar-refractivity contribution >= 4 is 5.82 Å². The summed E-state index contributed by atoms with van der Waals surface area (Å²) in [5.74, 6) is -0.146. The zero-order valence-electron chi connectivity index (χ0n) is 26.8. The smallest absolute Gasteiger partial charge is 0.369 e. The zero-order valence-corrected chi connectivity index (χ0v) is 26.8. The molecule has 3 atom stereocenters. The fraction of sp³-hybridized carbons (Fsp3) is 0.395. The Labute approximate surface area is 279 Å². The largest absolute Gasteiger partial charge is 0.419 e. The number of hydrogen-bond acceptors (Lipinski definition) is 6. The van der Waals surface area contributed by atoms with Gasteiger partial charge in [0.25, 0.3) is 0 Å². The van der Waals surface area contributed by atoms with Gasteiger partial charge in [-0.1, -0.05) is 91.0 Å². The Hall–Kier alpha value is -3.83. The lowest BCUT2D eigenvalue weighted by atomic mass is 9.90. The maximum Gasteiger partial charge on any atom is 0.419 e. The number of ether oxygens (including phenoxy) is 3. The summed E-state index contributed by atoms with van der Waals surface area (Å²) >= 11 is 0. The fourth-order valence-electron chi connectivity index (χ4n) is 6.54. The summed E-state index contributed by atoms with van der Waals surface area (Å²) in [5.41, 5.74) is 0.654. The summed E-state index contributed by atoms with van der Waals surface area (Å²) < 4.78 is 77.2. The molecular formula is C38H41F4N3O3. The third-order valence-electron chi connectivity index (χ3n) is 9.07. The lowest BCUT2D eigenvalue weighted by Crippen LogP contribution is -2.60. The molecule has 0 aliphatic carbocycles. The molecule has 0 spiro atoms. The van der Waals surface area contributed by atoms with Gasteiger partial charge in [0.05, 0.1) is 37.6 Å². The minimum absolute atomic E-state index is 0.0797. The summed E-state index contributed by atoms with van der Waals surface area (Å²) in [4.78, 5) is 7.59. The topological polar surface area (TPSA) is 47.1 Å². The van der Waals surface area contributed by atoms with Gasteiger partial charge in [-0.3, -0.25) is 4.90 Å². The number of benzene rings is 3. The van der Waals surface area contributed by atoms with Crippen molar-refractivity contribution in [2.75, 3.05) is 37.6 Å². The fourth-order valence-corrected chi connectivity index (χ4v) is 6.54. The maximum atomic E-state index is 16.6. The summed E-state index contributed by atoms with van der Waals surface area (Å²) in [5, 5.41) is 0. The first-order valence-corrected chi connectivity index (χ1v) is 16.4. The Morgan fingerprint density at radius 2 is 1.15 bits per heavy atom. The lowest BCUT2D eigenvalue weighted by molar-refractivity contribution is -0.188. The maximum absolute atomic E-state index is 16.6. The molecule has 0 saturated carbocycles. The Morgan fingerprint density at radius 3 is 1.62 bits per heavy atom. The number of halogens is 4. The number of pyridine rings is 1. The van der Waals surface area contributed by atoms with Crippen molar-refractivity contribution in [1.29, 1.82) is 0 Å². The molecule has 6 rings (SSSR count). The third kappa shape index (κ3) is 8.99. The molecule has 4 aromatic rings. The quantitative estimate of drug-likeness (QED) is 0.147. The molecule has 0 amide bonds. The van der Waals surface area contributed by atoms with Crippen LogP contribution in [0.5, 0.6) is 0 Å². The van der Waals surface area contributed by atoms with E-state index in [9.17, 15) is 13.2 Å². The van der Waals surface area contributed by atoms with E-state index in [4.69, 9.17) is 14.2 Å². The van der Waals surface area contributed by atoms with Crippen molar-refractivity contribution in [2.45, 2.75) is 62.8 Å². The first kappa shape index (κ1) is 34.0. The number of rotatable bonds is 12. The van der Waals surface area contributed by atoms with E-state index in [1.807, 2.05) is 95.9 Å². The molecule has 48 heavy (non-hydrogen) atoms. The predicted octanol–water partition coefficient (Wildman–Crippen LogP) is 7.48. The Balaban J connectivity index is 1.19. The van der Waals surface area contributed by atoms with Crippen LogP contribution in [0.25, 0.3) is 0 Å². The van der Waals surface area contributed by atoms with E-state index >= 15 is 4.39 Å². The van der Waals surface area contributed by atoms with E-state index in [1.54, 1.807) is 4.90 Å². The molecule has 1 unspecified atom stereocenters. The highest BCUT2D eigenvalue weighted by molar-refractivity contribution is 5.49. The summed E-state index contributed by atoms with van der Waals surface area (Å²) in [6.45, 7) is 2.31. The Kier molecular flexibility index (Phi) is 11.1. The minimum atomic E-state index is -4.54. The van der Waals surface area contributed by atoms with Crippen LogP contribution in [0.3, 0.4) is 0 Å². The number of nitrogens with zero attached hydrogens (tertiary/aromatic N) is 3. The standard InChI is InChI=1S/C38H41F4N3O3/c39-37(18-21-45(22-19-37)36-32(38(40,41)42)17-10-20-43-36)28-44-23-33(46-25-29-11-4-1-5-12-29)35(48-27-31-15-8-3-9-16-31)34(24-44)47-26-30-13-6-2-7-14-30/h1-17,20,33-35H,18-19,21-28H2/t33-,34+,35?. The molecule has 2 aliphatic rings. The van der Waals surface area contributed by atoms with Crippen LogP contribution >= 0.6 is 0 Å². The minimum Gasteiger partial charge on any atom is -0.369 e. The van der Waals surface area contributed by atoms with Gasteiger partial charge in [0.2, 0.25) is 0 Å². The molecular weight excluding hydrogens is 622 g/mol. The molecule has 2 saturated heterocycles. The number of hydrogen-bond donors (Lipinski definition) is 0. The molecule has 3 heterocycles. The van der Waals surface area contributed by atoms with Crippen LogP contribution in [0.4, 0.5) is 23.4 Å². The number of anilines is 1. The first-order valence-electron chi connectivity index (χ1n) is 16.4. The second kappa shape index (κ2) is 15.6. The van der Waals surface area contributed by atoms with E-state index < -0.39 is 35.7 Å². The van der Waals surface area contributed by atoms with Crippen LogP contribution in [0.1, 0.15) is 35.1 Å². The van der Waals surface area contributed by atoms with Crippen LogP contribution in [-0.4, -0.2) is 66.6 Å². The highest BCUT2D eigenvalue weighted by atomic mass is 19.4. The summed E-state index contributed by atoms with van der Waals surface area (Å²) in [7, 11) is 0. The number of likely N-dealkylation sites (tertiary alicyclic amines) is 1. The average Bonchev–Trinajstić information content (AvgIpc) is 3.10. The van der Waals surface area contributed by atoms with Crippen LogP contribution in [-0.2, 0) is 40.2 Å². The molecule has 254 valence electrons. The molecule has 6 nitrogen and oxygen atoms in total. The van der Waals surface area contributed by atoms with Crippen molar-refractivity contribution in [1.82, 2.24) is 9.88 Å². The molecule has 1 aromatic heterocycles. The van der Waals surface area contributed by atoms with E-state index in [2.05, 4.69) is 4.98 Å². The van der Waals surface area contributed by atoms with E-state index in [0.717, 1.165) is 22.8 Å². The summed E-state index contributed by atoms with van der Waals surface area (Å²) in [6.07, 6.45) is -4.30. The number of alkyl halides is 4. The molecule has 0 bridgehead atoms. The highest BCUT2D eigenvalue weighted by Gasteiger charge is 2.44. The van der Waals surface area contributed by atoms with Crippen molar-refractivity contribution in [3.8, 4) is 0 Å². The molecule has 2 aliphatic heterocycles. The Bertz CT molecular complexity index is 1500. The van der Waals surface area contributed by atoms with Gasteiger partial charge in [-0.2, -0.15) is 13.2 Å². The van der Waals surface area contributed by atoms with Gasteiger partial charge in [0, 0.05) is 51.8 Å². The second-order valence-corrected chi connectivity index (χ2v) is 12.6. The van der Waals surface area contributed by atoms with Gasteiger partial charge < -0.3 is 19.1 Å². The SMILES string of the molecule is FC1(CN2C[C@H](OCc3ccccc3)C(OCc3ccccc3)[C@H](OCc3ccccc3)C2)CCN(c2ncccc2C(F)(F)F)CC1. The van der Waals surface area contributed by atoms with Gasteiger partial charge in [-0.25, -0.2) is 9.37 Å². The summed E-state index contributed by atoms with van der Waals surface area (Å²) in [6, 6.07) is 32.0. The van der Waals surface area contributed by atoms with Gasteiger partial charge in [-0.15, -0.1) is 0 Å². The first-order chi connectivity index (χ1) is 23.3. The van der Waals surface area contributed by atoms with Crippen molar-refractivity contribution in [2.24, 2.45) is 0 Å². The van der Waals surface area contributed by atoms with Gasteiger partial charge in [0.15, 0.2) is 0 Å². The van der Waals surface area contributed by atoms with Crippen LogP contribution in [0.15, 0.2) is 109 Å². The lowest BCUT2D eigenvalue weighted by Gasteiger charge is -2.46. The molecule has 2 fully saturated rings. The van der Waals surface area contributed by atoms with Crippen LogP contribution < -0.4 is 4.90 Å². The molecule has 3 aromatic carbocycles. The monoisotopic (exact) mass is 663 g/mol. The molecule has 10 heteroatoms. The third-order valence-corrected chi connectivity index (χ3v) is 9.07. The zero-order chi connectivity index (χ0) is 33.4. The van der Waals surface area contributed by atoms with E-state index in [1.165, 1.54) is 12.3 Å². The van der Waals surface area contributed by atoms with E-state index in [-0.39, 0.29) is 38.3 Å². The van der Waals surface area contributed by atoms with E-state index in [0.29, 0.717) is 32.9 Å². The van der Waals surface area contributed by atoms with Crippen LogP contribution in [0.2, 0.25) is 0 Å². The number of piperidine rings is 2. The van der Waals surface area contributed by atoms with Crippen molar-refractivity contribution < 1.29 is 31.8 Å². The molecule has 0 N–H and O–H groups in total. The van der Waals surface area contributed by atoms with Crippen LogP contribution in [0, 0.1) is 0 Å². The van der Waals surface area contributed by atoms with Crippen molar-refractivity contribution in [3.05, 3.63) is 132 Å². The van der Waals surface area contributed by atoms with Gasteiger partial charge >= 0.3 is 6.18 Å². The van der Waals surface area contributed by atoms with Gasteiger partial charge in [0.1, 0.15) is 17.6 Å². The average molecular weight is 664 g/mol. The predicted molar refractivity (Wildman–Crippen MR) is 176 cm³/mol.